The number of nitrogens with one attached hydrogen (secondary N) is 2. The summed E-state index contributed by atoms with van der Waals surface area (Å²) in [6.07, 6.45) is 1.99. The van der Waals surface area contributed by atoms with E-state index in [9.17, 15) is 4.79 Å². The van der Waals surface area contributed by atoms with E-state index in [1.165, 1.54) is 22.2 Å². The van der Waals surface area contributed by atoms with Crippen molar-refractivity contribution in [1.29, 1.82) is 0 Å². The van der Waals surface area contributed by atoms with Gasteiger partial charge in [-0.25, -0.2) is 4.79 Å². The summed E-state index contributed by atoms with van der Waals surface area (Å²) in [6.45, 7) is 5.24. The Hall–Kier alpha value is -2.95. The fraction of sp³-hybridized carbons (Fsp3) is 0.250. The molecule has 1 aromatic heterocycles. The van der Waals surface area contributed by atoms with E-state index in [4.69, 9.17) is 0 Å². The Labute approximate surface area is 147 Å². The van der Waals surface area contributed by atoms with Gasteiger partial charge in [0.2, 0.25) is 0 Å². The first-order chi connectivity index (χ1) is 12.2. The van der Waals surface area contributed by atoms with Crippen molar-refractivity contribution in [2.45, 2.75) is 6.92 Å². The third-order valence-electron chi connectivity index (χ3n) is 4.84. The van der Waals surface area contributed by atoms with Crippen molar-refractivity contribution in [2.75, 3.05) is 36.4 Å². The number of amides is 2. The summed E-state index contributed by atoms with van der Waals surface area (Å²) in [6, 6.07) is 16.0. The van der Waals surface area contributed by atoms with Crippen molar-refractivity contribution in [3.63, 3.8) is 0 Å². The molecular formula is C20H22N4O. The molecule has 5 heteroatoms. The Morgan fingerprint density at radius 2 is 1.76 bits per heavy atom. The van der Waals surface area contributed by atoms with Crippen LogP contribution in [0.5, 0.6) is 0 Å². The molecule has 0 spiro atoms. The first kappa shape index (κ1) is 15.6. The summed E-state index contributed by atoms with van der Waals surface area (Å²) in [5.41, 5.74) is 4.53. The number of rotatable bonds is 2. The van der Waals surface area contributed by atoms with Crippen LogP contribution in [0.2, 0.25) is 0 Å². The molecule has 2 heterocycles. The number of urea groups is 1. The topological polar surface area (TPSA) is 51.4 Å². The molecule has 25 heavy (non-hydrogen) atoms. The molecule has 1 aliphatic rings. The van der Waals surface area contributed by atoms with Crippen LogP contribution in [0.25, 0.3) is 10.9 Å². The molecule has 0 radical (unpaired) electrons. The zero-order chi connectivity index (χ0) is 17.2. The van der Waals surface area contributed by atoms with Gasteiger partial charge in [-0.1, -0.05) is 24.3 Å². The van der Waals surface area contributed by atoms with Gasteiger partial charge in [-0.3, -0.25) is 0 Å². The van der Waals surface area contributed by atoms with Crippen LogP contribution in [0, 0.1) is 6.92 Å². The second-order valence-corrected chi connectivity index (χ2v) is 6.44. The molecule has 2 aromatic carbocycles. The van der Waals surface area contributed by atoms with Gasteiger partial charge < -0.3 is 20.1 Å². The molecule has 0 saturated carbocycles. The molecular weight excluding hydrogens is 312 g/mol. The minimum absolute atomic E-state index is 0.0263. The number of hydrogen-bond donors (Lipinski definition) is 2. The molecule has 0 aliphatic carbocycles. The van der Waals surface area contributed by atoms with Crippen molar-refractivity contribution in [3.8, 4) is 0 Å². The lowest BCUT2D eigenvalue weighted by Crippen LogP contribution is -2.50. The summed E-state index contributed by atoms with van der Waals surface area (Å²) in [5.74, 6) is 0. The molecule has 0 atom stereocenters. The number of aromatic amines is 1. The number of nitrogens with zero attached hydrogens (tertiary/aromatic N) is 2. The van der Waals surface area contributed by atoms with Gasteiger partial charge in [-0.05, 0) is 36.8 Å². The molecule has 4 rings (SSSR count). The Morgan fingerprint density at radius 1 is 1.00 bits per heavy atom. The van der Waals surface area contributed by atoms with E-state index in [1.807, 2.05) is 41.4 Å². The van der Waals surface area contributed by atoms with E-state index < -0.39 is 0 Å². The van der Waals surface area contributed by atoms with Crippen LogP contribution in [-0.4, -0.2) is 42.1 Å². The van der Waals surface area contributed by atoms with E-state index >= 15 is 0 Å². The van der Waals surface area contributed by atoms with Crippen molar-refractivity contribution in [3.05, 3.63) is 60.3 Å². The highest BCUT2D eigenvalue weighted by atomic mass is 16.2. The number of hydrogen-bond acceptors (Lipinski definition) is 2. The molecule has 1 aliphatic heterocycles. The van der Waals surface area contributed by atoms with Crippen LogP contribution in [0.15, 0.2) is 54.7 Å². The third-order valence-corrected chi connectivity index (χ3v) is 4.84. The molecule has 0 unspecified atom stereocenters. The molecule has 1 fully saturated rings. The van der Waals surface area contributed by atoms with Gasteiger partial charge in [0.25, 0.3) is 0 Å². The predicted molar refractivity (Wildman–Crippen MR) is 102 cm³/mol. The van der Waals surface area contributed by atoms with E-state index in [2.05, 4.69) is 40.3 Å². The van der Waals surface area contributed by atoms with Crippen LogP contribution in [0.3, 0.4) is 0 Å². The maximum Gasteiger partial charge on any atom is 0.321 e. The normalized spacial score (nSPS) is 14.8. The smallest absolute Gasteiger partial charge is 0.321 e. The van der Waals surface area contributed by atoms with Crippen LogP contribution >= 0.6 is 0 Å². The number of para-hydroxylation sites is 1. The van der Waals surface area contributed by atoms with Crippen molar-refractivity contribution >= 4 is 28.3 Å². The number of aromatic nitrogens is 1. The number of fused-ring (bicyclic) bond motifs is 1. The van der Waals surface area contributed by atoms with Gasteiger partial charge in [0.05, 0.1) is 5.52 Å². The van der Waals surface area contributed by atoms with Gasteiger partial charge >= 0.3 is 6.03 Å². The lowest BCUT2D eigenvalue weighted by atomic mass is 10.1. The largest absolute Gasteiger partial charge is 0.367 e. The Kier molecular flexibility index (Phi) is 4.06. The summed E-state index contributed by atoms with van der Waals surface area (Å²) in [7, 11) is 0. The Morgan fingerprint density at radius 3 is 2.52 bits per heavy atom. The number of H-pyrrole nitrogens is 1. The zero-order valence-corrected chi connectivity index (χ0v) is 14.3. The maximum absolute atomic E-state index is 12.4. The number of anilines is 2. The summed E-state index contributed by atoms with van der Waals surface area (Å²) in [4.78, 5) is 20.0. The van der Waals surface area contributed by atoms with Gasteiger partial charge in [-0.15, -0.1) is 0 Å². The van der Waals surface area contributed by atoms with E-state index in [0.717, 1.165) is 31.9 Å². The average molecular weight is 334 g/mol. The molecule has 2 amide bonds. The number of aryl methyl sites for hydroxylation is 1. The quantitative estimate of drug-likeness (QED) is 0.748. The molecule has 1 saturated heterocycles. The average Bonchev–Trinajstić information content (AvgIpc) is 3.14. The van der Waals surface area contributed by atoms with Crippen LogP contribution in [0.4, 0.5) is 16.2 Å². The first-order valence-corrected chi connectivity index (χ1v) is 8.65. The third kappa shape index (κ3) is 3.05. The van der Waals surface area contributed by atoms with Gasteiger partial charge in [-0.2, -0.15) is 0 Å². The van der Waals surface area contributed by atoms with E-state index in [-0.39, 0.29) is 6.03 Å². The minimum atomic E-state index is -0.0263. The lowest BCUT2D eigenvalue weighted by molar-refractivity contribution is 0.208. The Bertz CT molecular complexity index is 879. The van der Waals surface area contributed by atoms with Gasteiger partial charge in [0.1, 0.15) is 0 Å². The van der Waals surface area contributed by atoms with Gasteiger partial charge in [0.15, 0.2) is 0 Å². The Balaban J connectivity index is 1.43. The lowest BCUT2D eigenvalue weighted by Gasteiger charge is -2.36. The highest BCUT2D eigenvalue weighted by Crippen LogP contribution is 2.29. The monoisotopic (exact) mass is 334 g/mol. The molecule has 2 N–H and O–H groups in total. The molecule has 3 aromatic rings. The second-order valence-electron chi connectivity index (χ2n) is 6.44. The summed E-state index contributed by atoms with van der Waals surface area (Å²) >= 11 is 0. The summed E-state index contributed by atoms with van der Waals surface area (Å²) < 4.78 is 0. The maximum atomic E-state index is 12.4. The SMILES string of the molecule is Cc1ccc(N2CCN(C(=O)Nc3ccccc3)CC2)c2cc[nH]c12. The van der Waals surface area contributed by atoms with E-state index in [1.54, 1.807) is 0 Å². The fourth-order valence-electron chi connectivity index (χ4n) is 3.44. The number of carbonyl (C=O) groups is 1. The highest BCUT2D eigenvalue weighted by molar-refractivity contribution is 5.94. The second kappa shape index (κ2) is 6.51. The van der Waals surface area contributed by atoms with Crippen molar-refractivity contribution in [2.24, 2.45) is 0 Å². The zero-order valence-electron chi connectivity index (χ0n) is 14.3. The minimum Gasteiger partial charge on any atom is -0.367 e. The van der Waals surface area contributed by atoms with Crippen LogP contribution in [0.1, 0.15) is 5.56 Å². The number of benzene rings is 2. The van der Waals surface area contributed by atoms with Crippen LogP contribution in [-0.2, 0) is 0 Å². The van der Waals surface area contributed by atoms with E-state index in [0.29, 0.717) is 0 Å². The fourth-order valence-corrected chi connectivity index (χ4v) is 3.44. The van der Waals surface area contributed by atoms with Crippen LogP contribution < -0.4 is 10.2 Å². The number of carbonyl (C=O) groups excluding carboxylic acids is 1. The van der Waals surface area contributed by atoms with Crippen molar-refractivity contribution in [1.82, 2.24) is 9.88 Å². The highest BCUT2D eigenvalue weighted by Gasteiger charge is 2.22. The number of piperazine rings is 1. The molecule has 128 valence electrons. The summed E-state index contributed by atoms with van der Waals surface area (Å²) in [5, 5.41) is 4.21. The standard InChI is InChI=1S/C20H22N4O/c1-15-7-8-18(17-9-10-21-19(15)17)23-11-13-24(14-12-23)20(25)22-16-5-3-2-4-6-16/h2-10,21H,11-14H2,1H3,(H,22,25). The van der Waals surface area contributed by atoms with Crippen molar-refractivity contribution < 1.29 is 4.79 Å². The molecule has 0 bridgehead atoms. The molecule has 5 nitrogen and oxygen atoms in total. The first-order valence-electron chi connectivity index (χ1n) is 8.65. The predicted octanol–water partition coefficient (Wildman–Crippen LogP) is 3.83. The van der Waals surface area contributed by atoms with Gasteiger partial charge in [0, 0.05) is 49.1 Å².